The van der Waals surface area contributed by atoms with Gasteiger partial charge in [-0.1, -0.05) is 6.92 Å². The first-order valence-electron chi connectivity index (χ1n) is 6.73. The van der Waals surface area contributed by atoms with Crippen molar-refractivity contribution >= 4 is 0 Å². The SMILES string of the molecule is CCC1OCCC1C(Cc1cc(C)nn1C)NN. The lowest BCUT2D eigenvalue weighted by molar-refractivity contribution is 0.0772. The monoisotopic (exact) mass is 252 g/mol. The molecule has 1 aliphatic heterocycles. The Kier molecular flexibility index (Phi) is 4.37. The number of hydrogen-bond acceptors (Lipinski definition) is 4. The zero-order chi connectivity index (χ0) is 13.1. The van der Waals surface area contributed by atoms with E-state index >= 15 is 0 Å². The van der Waals surface area contributed by atoms with Crippen LogP contribution in [0.5, 0.6) is 0 Å². The Morgan fingerprint density at radius 1 is 1.67 bits per heavy atom. The van der Waals surface area contributed by atoms with Gasteiger partial charge in [-0.05, 0) is 25.8 Å². The van der Waals surface area contributed by atoms with Gasteiger partial charge in [0.2, 0.25) is 0 Å². The van der Waals surface area contributed by atoms with Crippen molar-refractivity contribution in [1.29, 1.82) is 0 Å². The standard InChI is InChI=1S/C13H24N4O/c1-4-13-11(5-6-18-13)12(15-14)8-10-7-9(2)16-17(10)3/h7,11-13,15H,4-6,8,14H2,1-3H3. The fourth-order valence-corrected chi connectivity index (χ4v) is 2.96. The van der Waals surface area contributed by atoms with E-state index in [1.807, 2.05) is 18.7 Å². The molecule has 2 rings (SSSR count). The Bertz CT molecular complexity index is 390. The highest BCUT2D eigenvalue weighted by Crippen LogP contribution is 2.27. The van der Waals surface area contributed by atoms with Gasteiger partial charge in [-0.25, -0.2) is 0 Å². The van der Waals surface area contributed by atoms with Crippen LogP contribution >= 0.6 is 0 Å². The molecule has 3 atom stereocenters. The molecule has 0 radical (unpaired) electrons. The van der Waals surface area contributed by atoms with Crippen LogP contribution in [0, 0.1) is 12.8 Å². The molecule has 2 heterocycles. The minimum absolute atomic E-state index is 0.257. The number of ether oxygens (including phenoxy) is 1. The highest BCUT2D eigenvalue weighted by atomic mass is 16.5. The van der Waals surface area contributed by atoms with Gasteiger partial charge in [0.15, 0.2) is 0 Å². The third-order valence-corrected chi connectivity index (χ3v) is 3.92. The molecular formula is C13H24N4O. The van der Waals surface area contributed by atoms with Crippen LogP contribution in [0.2, 0.25) is 0 Å². The lowest BCUT2D eigenvalue weighted by Crippen LogP contribution is -2.45. The van der Waals surface area contributed by atoms with Crippen LogP contribution in [0.1, 0.15) is 31.2 Å². The van der Waals surface area contributed by atoms with Crippen molar-refractivity contribution in [2.24, 2.45) is 18.8 Å². The Labute approximate surface area is 109 Å². The third-order valence-electron chi connectivity index (χ3n) is 3.92. The van der Waals surface area contributed by atoms with Gasteiger partial charge in [-0.3, -0.25) is 16.0 Å². The van der Waals surface area contributed by atoms with E-state index < -0.39 is 0 Å². The summed E-state index contributed by atoms with van der Waals surface area (Å²) < 4.78 is 7.69. The van der Waals surface area contributed by atoms with Gasteiger partial charge in [-0.15, -0.1) is 0 Å². The van der Waals surface area contributed by atoms with E-state index in [0.717, 1.165) is 31.6 Å². The second-order valence-corrected chi connectivity index (χ2v) is 5.15. The largest absolute Gasteiger partial charge is 0.378 e. The molecule has 0 spiro atoms. The summed E-state index contributed by atoms with van der Waals surface area (Å²) in [5.74, 6) is 6.23. The fraction of sp³-hybridized carbons (Fsp3) is 0.769. The summed E-state index contributed by atoms with van der Waals surface area (Å²) in [4.78, 5) is 0. The number of hydrazine groups is 1. The van der Waals surface area contributed by atoms with Crippen LogP contribution < -0.4 is 11.3 Å². The van der Waals surface area contributed by atoms with Crippen molar-refractivity contribution in [2.75, 3.05) is 6.61 Å². The minimum Gasteiger partial charge on any atom is -0.378 e. The van der Waals surface area contributed by atoms with Crippen LogP contribution in [-0.4, -0.2) is 28.5 Å². The van der Waals surface area contributed by atoms with E-state index in [2.05, 4.69) is 23.5 Å². The average molecular weight is 252 g/mol. The molecule has 1 aromatic heterocycles. The Hall–Kier alpha value is -0.910. The van der Waals surface area contributed by atoms with Crippen molar-refractivity contribution in [3.05, 3.63) is 17.5 Å². The van der Waals surface area contributed by atoms with Crippen LogP contribution in [0.3, 0.4) is 0 Å². The van der Waals surface area contributed by atoms with Crippen molar-refractivity contribution in [2.45, 2.75) is 45.3 Å². The molecule has 18 heavy (non-hydrogen) atoms. The first-order chi connectivity index (χ1) is 8.65. The van der Waals surface area contributed by atoms with E-state index in [-0.39, 0.29) is 6.04 Å². The minimum atomic E-state index is 0.257. The van der Waals surface area contributed by atoms with E-state index in [9.17, 15) is 0 Å². The maximum atomic E-state index is 5.75. The van der Waals surface area contributed by atoms with Crippen LogP contribution in [0.25, 0.3) is 0 Å². The average Bonchev–Trinajstić information content (AvgIpc) is 2.92. The van der Waals surface area contributed by atoms with Gasteiger partial charge in [0.25, 0.3) is 0 Å². The van der Waals surface area contributed by atoms with Gasteiger partial charge in [-0.2, -0.15) is 5.10 Å². The van der Waals surface area contributed by atoms with Crippen LogP contribution in [0.15, 0.2) is 6.07 Å². The summed E-state index contributed by atoms with van der Waals surface area (Å²) in [5, 5.41) is 4.38. The quantitative estimate of drug-likeness (QED) is 0.604. The van der Waals surface area contributed by atoms with E-state index in [1.54, 1.807) is 0 Å². The third kappa shape index (κ3) is 2.74. The molecule has 0 bridgehead atoms. The van der Waals surface area contributed by atoms with E-state index in [4.69, 9.17) is 10.6 Å². The predicted octanol–water partition coefficient (Wildman–Crippen LogP) is 0.918. The second-order valence-electron chi connectivity index (χ2n) is 5.15. The fourth-order valence-electron chi connectivity index (χ4n) is 2.96. The molecule has 0 amide bonds. The number of nitrogens with zero attached hydrogens (tertiary/aromatic N) is 2. The molecule has 1 saturated heterocycles. The molecule has 5 heteroatoms. The lowest BCUT2D eigenvalue weighted by Gasteiger charge is -2.26. The molecule has 3 unspecified atom stereocenters. The first kappa shape index (κ1) is 13.5. The number of nitrogens with two attached hydrogens (primary N) is 1. The zero-order valence-corrected chi connectivity index (χ0v) is 11.5. The first-order valence-corrected chi connectivity index (χ1v) is 6.73. The molecular weight excluding hydrogens is 228 g/mol. The van der Waals surface area contributed by atoms with E-state index in [1.165, 1.54) is 5.69 Å². The normalized spacial score (nSPS) is 25.6. The maximum absolute atomic E-state index is 5.75. The number of hydrogen-bond donors (Lipinski definition) is 2. The lowest BCUT2D eigenvalue weighted by atomic mass is 9.89. The topological polar surface area (TPSA) is 65.1 Å². The summed E-state index contributed by atoms with van der Waals surface area (Å²) in [6.45, 7) is 5.04. The highest BCUT2D eigenvalue weighted by molar-refractivity contribution is 5.10. The van der Waals surface area contributed by atoms with Gasteiger partial charge in [0.1, 0.15) is 0 Å². The number of rotatable bonds is 5. The van der Waals surface area contributed by atoms with Crippen molar-refractivity contribution in [3.8, 4) is 0 Å². The zero-order valence-electron chi connectivity index (χ0n) is 11.5. The molecule has 0 aromatic carbocycles. The van der Waals surface area contributed by atoms with E-state index in [0.29, 0.717) is 12.0 Å². The number of aromatic nitrogens is 2. The number of nitrogens with one attached hydrogen (secondary N) is 1. The molecule has 5 nitrogen and oxygen atoms in total. The van der Waals surface area contributed by atoms with Gasteiger partial charge >= 0.3 is 0 Å². The van der Waals surface area contributed by atoms with Gasteiger partial charge in [0, 0.05) is 37.7 Å². The summed E-state index contributed by atoms with van der Waals surface area (Å²) in [6, 6.07) is 2.38. The van der Waals surface area contributed by atoms with Gasteiger partial charge < -0.3 is 4.74 Å². The Morgan fingerprint density at radius 2 is 2.44 bits per heavy atom. The van der Waals surface area contributed by atoms with Crippen molar-refractivity contribution < 1.29 is 4.74 Å². The van der Waals surface area contributed by atoms with Crippen LogP contribution in [0.4, 0.5) is 0 Å². The summed E-state index contributed by atoms with van der Waals surface area (Å²) in [7, 11) is 1.98. The molecule has 1 fully saturated rings. The number of aryl methyl sites for hydroxylation is 2. The molecule has 1 aromatic rings. The predicted molar refractivity (Wildman–Crippen MR) is 70.9 cm³/mol. The summed E-state index contributed by atoms with van der Waals surface area (Å²) in [6.07, 6.45) is 3.37. The van der Waals surface area contributed by atoms with Crippen LogP contribution in [-0.2, 0) is 18.2 Å². The molecule has 3 N–H and O–H groups in total. The molecule has 0 saturated carbocycles. The Morgan fingerprint density at radius 3 is 3.00 bits per heavy atom. The molecule has 1 aliphatic rings. The maximum Gasteiger partial charge on any atom is 0.0617 e. The summed E-state index contributed by atoms with van der Waals surface area (Å²) >= 11 is 0. The molecule has 0 aliphatic carbocycles. The molecule has 102 valence electrons. The van der Waals surface area contributed by atoms with Gasteiger partial charge in [0.05, 0.1) is 11.8 Å². The van der Waals surface area contributed by atoms with Crippen molar-refractivity contribution in [3.63, 3.8) is 0 Å². The second kappa shape index (κ2) is 5.82. The van der Waals surface area contributed by atoms with Crippen molar-refractivity contribution in [1.82, 2.24) is 15.2 Å². The highest BCUT2D eigenvalue weighted by Gasteiger charge is 2.33. The summed E-state index contributed by atoms with van der Waals surface area (Å²) in [5.41, 5.74) is 5.25. The Balaban J connectivity index is 2.07. The smallest absolute Gasteiger partial charge is 0.0617 e.